The van der Waals surface area contributed by atoms with Crippen LogP contribution in [0.4, 0.5) is 4.39 Å². The lowest BCUT2D eigenvalue weighted by molar-refractivity contribution is 0.0373. The number of ether oxygens (including phenoxy) is 1. The van der Waals surface area contributed by atoms with Crippen molar-refractivity contribution in [3.05, 3.63) is 64.7 Å². The molecule has 4 rings (SSSR count). The summed E-state index contributed by atoms with van der Waals surface area (Å²) in [5.74, 6) is 0.168. The van der Waals surface area contributed by atoms with E-state index in [0.29, 0.717) is 28.8 Å². The summed E-state index contributed by atoms with van der Waals surface area (Å²) >= 11 is 0. The summed E-state index contributed by atoms with van der Waals surface area (Å²) in [5.41, 5.74) is 4.40. The van der Waals surface area contributed by atoms with Gasteiger partial charge in [0.15, 0.2) is 5.82 Å². The van der Waals surface area contributed by atoms with E-state index in [1.165, 1.54) is 16.8 Å². The molecule has 152 valence electrons. The molecule has 29 heavy (non-hydrogen) atoms. The molecule has 0 bridgehead atoms. The zero-order chi connectivity index (χ0) is 20.1. The second-order valence-electron chi connectivity index (χ2n) is 7.17. The lowest BCUT2D eigenvalue weighted by Crippen LogP contribution is -2.37. The van der Waals surface area contributed by atoms with E-state index in [1.54, 1.807) is 18.2 Å². The molecule has 0 saturated carbocycles. The number of nitrogens with zero attached hydrogens (tertiary/aromatic N) is 3. The number of halogens is 1. The van der Waals surface area contributed by atoms with Crippen molar-refractivity contribution in [2.75, 3.05) is 44.8 Å². The molecule has 7 heteroatoms. The number of unbranched alkanes of at least 4 members (excludes halogenated alkanes) is 1. The Morgan fingerprint density at radius 3 is 2.59 bits per heavy atom. The van der Waals surface area contributed by atoms with E-state index in [0.717, 1.165) is 45.7 Å². The predicted octanol–water partition coefficient (Wildman–Crippen LogP) is 2.86. The minimum Gasteiger partial charge on any atom is -0.379 e. The third-order valence-electron chi connectivity index (χ3n) is 5.15. The quantitative estimate of drug-likeness (QED) is 0.623. The van der Waals surface area contributed by atoms with Crippen LogP contribution in [-0.2, 0) is 4.74 Å². The SMILES string of the molecule is O=c1c2ccccc2nc(-c2ccc(F)cc2)n1NCCCCN1CCOCC1. The Morgan fingerprint density at radius 2 is 1.79 bits per heavy atom. The van der Waals surface area contributed by atoms with Gasteiger partial charge >= 0.3 is 0 Å². The molecule has 1 aromatic heterocycles. The van der Waals surface area contributed by atoms with Gasteiger partial charge in [-0.25, -0.2) is 14.1 Å². The van der Waals surface area contributed by atoms with Crippen molar-refractivity contribution in [3.63, 3.8) is 0 Å². The number of para-hydroxylation sites is 1. The highest BCUT2D eigenvalue weighted by molar-refractivity contribution is 5.79. The fourth-order valence-corrected chi connectivity index (χ4v) is 3.55. The normalized spacial score (nSPS) is 14.9. The van der Waals surface area contributed by atoms with Crippen molar-refractivity contribution in [1.29, 1.82) is 0 Å². The topological polar surface area (TPSA) is 59.4 Å². The third-order valence-corrected chi connectivity index (χ3v) is 5.15. The van der Waals surface area contributed by atoms with Gasteiger partial charge in [-0.05, 0) is 55.8 Å². The van der Waals surface area contributed by atoms with Crippen molar-refractivity contribution in [2.24, 2.45) is 0 Å². The van der Waals surface area contributed by atoms with E-state index in [1.807, 2.05) is 18.2 Å². The number of morpholine rings is 1. The molecule has 3 aromatic rings. The van der Waals surface area contributed by atoms with Crippen LogP contribution in [0.15, 0.2) is 53.3 Å². The van der Waals surface area contributed by atoms with E-state index in [4.69, 9.17) is 4.74 Å². The van der Waals surface area contributed by atoms with E-state index in [-0.39, 0.29) is 11.4 Å². The molecule has 0 spiro atoms. The highest BCUT2D eigenvalue weighted by Gasteiger charge is 2.13. The average Bonchev–Trinajstić information content (AvgIpc) is 2.76. The van der Waals surface area contributed by atoms with Crippen LogP contribution in [0, 0.1) is 5.82 Å². The Kier molecular flexibility index (Phi) is 6.17. The highest BCUT2D eigenvalue weighted by atomic mass is 19.1. The first-order valence-electron chi connectivity index (χ1n) is 10.0. The smallest absolute Gasteiger partial charge is 0.280 e. The lowest BCUT2D eigenvalue weighted by Gasteiger charge is -2.26. The Hall–Kier alpha value is -2.77. The van der Waals surface area contributed by atoms with Crippen LogP contribution in [0.3, 0.4) is 0 Å². The van der Waals surface area contributed by atoms with Gasteiger partial charge in [0, 0.05) is 25.2 Å². The predicted molar refractivity (Wildman–Crippen MR) is 112 cm³/mol. The van der Waals surface area contributed by atoms with Gasteiger partial charge in [0.1, 0.15) is 5.82 Å². The maximum Gasteiger partial charge on any atom is 0.280 e. The van der Waals surface area contributed by atoms with E-state index < -0.39 is 0 Å². The van der Waals surface area contributed by atoms with Gasteiger partial charge in [-0.2, -0.15) is 0 Å². The van der Waals surface area contributed by atoms with Crippen LogP contribution >= 0.6 is 0 Å². The van der Waals surface area contributed by atoms with Gasteiger partial charge in [-0.1, -0.05) is 12.1 Å². The van der Waals surface area contributed by atoms with Crippen molar-refractivity contribution in [3.8, 4) is 11.4 Å². The summed E-state index contributed by atoms with van der Waals surface area (Å²) in [6.45, 7) is 5.25. The van der Waals surface area contributed by atoms with Crippen LogP contribution in [0.1, 0.15) is 12.8 Å². The molecule has 0 unspecified atom stereocenters. The molecular weight excluding hydrogens is 371 g/mol. The Balaban J connectivity index is 1.52. The fraction of sp³-hybridized carbons (Fsp3) is 0.364. The van der Waals surface area contributed by atoms with Crippen LogP contribution in [0.5, 0.6) is 0 Å². The van der Waals surface area contributed by atoms with Gasteiger partial charge in [-0.15, -0.1) is 0 Å². The number of hydrogen-bond donors (Lipinski definition) is 1. The largest absolute Gasteiger partial charge is 0.379 e. The summed E-state index contributed by atoms with van der Waals surface area (Å²) < 4.78 is 20.2. The summed E-state index contributed by atoms with van der Waals surface area (Å²) in [7, 11) is 0. The number of fused-ring (bicyclic) bond motifs is 1. The Bertz CT molecular complexity index is 1010. The number of nitrogens with one attached hydrogen (secondary N) is 1. The van der Waals surface area contributed by atoms with Crippen molar-refractivity contribution in [2.45, 2.75) is 12.8 Å². The van der Waals surface area contributed by atoms with E-state index >= 15 is 0 Å². The van der Waals surface area contributed by atoms with Crippen LogP contribution < -0.4 is 11.0 Å². The first-order valence-corrected chi connectivity index (χ1v) is 10.0. The first kappa shape index (κ1) is 19.5. The molecule has 1 aliphatic heterocycles. The Morgan fingerprint density at radius 1 is 1.03 bits per heavy atom. The molecule has 0 amide bonds. The zero-order valence-corrected chi connectivity index (χ0v) is 16.3. The van der Waals surface area contributed by atoms with Crippen LogP contribution in [-0.4, -0.2) is 54.0 Å². The number of rotatable bonds is 7. The lowest BCUT2D eigenvalue weighted by atomic mass is 10.2. The standard InChI is InChI=1S/C22H25FN4O2/c23-18-9-7-17(8-10-18)21-25-20-6-2-1-5-19(20)22(28)27(21)24-11-3-4-12-26-13-15-29-16-14-26/h1-2,5-10,24H,3-4,11-16H2. The molecular formula is C22H25FN4O2. The molecule has 1 fully saturated rings. The third kappa shape index (κ3) is 4.63. The molecule has 1 aliphatic rings. The maximum atomic E-state index is 13.4. The van der Waals surface area contributed by atoms with Gasteiger partial charge in [-0.3, -0.25) is 9.69 Å². The number of hydrogen-bond acceptors (Lipinski definition) is 5. The van der Waals surface area contributed by atoms with Gasteiger partial charge in [0.25, 0.3) is 5.56 Å². The molecule has 1 saturated heterocycles. The molecule has 2 heterocycles. The molecule has 0 atom stereocenters. The van der Waals surface area contributed by atoms with Crippen LogP contribution in [0.25, 0.3) is 22.3 Å². The molecule has 0 radical (unpaired) electrons. The van der Waals surface area contributed by atoms with Crippen molar-refractivity contribution in [1.82, 2.24) is 14.6 Å². The fourth-order valence-electron chi connectivity index (χ4n) is 3.55. The zero-order valence-electron chi connectivity index (χ0n) is 16.3. The molecule has 1 N–H and O–H groups in total. The number of aromatic nitrogens is 2. The van der Waals surface area contributed by atoms with E-state index in [2.05, 4.69) is 15.3 Å². The first-order chi connectivity index (χ1) is 14.2. The minimum atomic E-state index is -0.320. The summed E-state index contributed by atoms with van der Waals surface area (Å²) in [4.78, 5) is 20.1. The van der Waals surface area contributed by atoms with Gasteiger partial charge < -0.3 is 10.2 Å². The van der Waals surface area contributed by atoms with Gasteiger partial charge in [0.05, 0.1) is 24.1 Å². The van der Waals surface area contributed by atoms with Crippen molar-refractivity contribution >= 4 is 10.9 Å². The highest BCUT2D eigenvalue weighted by Crippen LogP contribution is 2.18. The Labute approximate surface area is 168 Å². The van der Waals surface area contributed by atoms with Crippen molar-refractivity contribution < 1.29 is 9.13 Å². The second kappa shape index (κ2) is 9.15. The van der Waals surface area contributed by atoms with E-state index in [9.17, 15) is 9.18 Å². The summed E-state index contributed by atoms with van der Waals surface area (Å²) in [6.07, 6.45) is 1.97. The molecule has 2 aromatic carbocycles. The molecule has 6 nitrogen and oxygen atoms in total. The second-order valence-corrected chi connectivity index (χ2v) is 7.17. The monoisotopic (exact) mass is 396 g/mol. The summed E-state index contributed by atoms with van der Waals surface area (Å²) in [6, 6.07) is 13.3. The maximum absolute atomic E-state index is 13.4. The molecule has 0 aliphatic carbocycles. The van der Waals surface area contributed by atoms with Crippen LogP contribution in [0.2, 0.25) is 0 Å². The summed E-state index contributed by atoms with van der Waals surface area (Å²) in [5, 5.41) is 0.555. The minimum absolute atomic E-state index is 0.150. The number of benzene rings is 2. The average molecular weight is 396 g/mol. The van der Waals surface area contributed by atoms with Gasteiger partial charge in [0.2, 0.25) is 0 Å².